The minimum atomic E-state index is -1.05. The van der Waals surface area contributed by atoms with Crippen LogP contribution in [0.15, 0.2) is 12.1 Å². The summed E-state index contributed by atoms with van der Waals surface area (Å²) in [6, 6.07) is 1.67. The molecule has 10 nitrogen and oxygen atoms in total. The highest BCUT2D eigenvalue weighted by molar-refractivity contribution is 6.45. The number of carbonyl (C=O) groups is 4. The highest BCUT2D eigenvalue weighted by Crippen LogP contribution is 2.32. The highest BCUT2D eigenvalue weighted by atomic mass is 16.6. The van der Waals surface area contributed by atoms with Gasteiger partial charge in [0.2, 0.25) is 5.91 Å². The Morgan fingerprint density at radius 2 is 1.83 bits per heavy atom. The summed E-state index contributed by atoms with van der Waals surface area (Å²) in [5.41, 5.74) is 0.953. The number of imide groups is 2. The van der Waals surface area contributed by atoms with Crippen LogP contribution >= 0.6 is 0 Å². The first-order valence-electron chi connectivity index (χ1n) is 9.87. The van der Waals surface area contributed by atoms with Gasteiger partial charge < -0.3 is 5.32 Å². The van der Waals surface area contributed by atoms with Crippen molar-refractivity contribution in [1.82, 2.24) is 9.80 Å². The lowest BCUT2D eigenvalue weighted by atomic mass is 9.85. The fourth-order valence-corrected chi connectivity index (χ4v) is 4.07. The van der Waals surface area contributed by atoms with E-state index in [4.69, 9.17) is 0 Å². The number of nitrogens with zero attached hydrogens (tertiary/aromatic N) is 3. The Kier molecular flexibility index (Phi) is 5.86. The van der Waals surface area contributed by atoms with Crippen LogP contribution < -0.4 is 5.32 Å². The molecule has 160 valence electrons. The van der Waals surface area contributed by atoms with E-state index < -0.39 is 35.2 Å². The number of nitrogens with one attached hydrogen (secondary N) is 1. The lowest BCUT2D eigenvalue weighted by molar-refractivity contribution is -0.384. The van der Waals surface area contributed by atoms with Gasteiger partial charge in [-0.15, -0.1) is 0 Å². The third-order valence-electron chi connectivity index (χ3n) is 5.96. The number of nitro groups is 1. The maximum atomic E-state index is 12.8. The maximum Gasteiger partial charge on any atom is 0.334 e. The monoisotopic (exact) mass is 416 g/mol. The first-order chi connectivity index (χ1) is 14.1. The summed E-state index contributed by atoms with van der Waals surface area (Å²) in [7, 11) is 0. The van der Waals surface area contributed by atoms with Crippen LogP contribution in [0.5, 0.6) is 0 Å². The maximum absolute atomic E-state index is 12.8. The predicted octanol–water partition coefficient (Wildman–Crippen LogP) is 2.52. The summed E-state index contributed by atoms with van der Waals surface area (Å²) < 4.78 is 0. The van der Waals surface area contributed by atoms with Crippen LogP contribution in [0, 0.1) is 29.9 Å². The summed E-state index contributed by atoms with van der Waals surface area (Å²) in [5.74, 6) is -2.70. The van der Waals surface area contributed by atoms with E-state index >= 15 is 0 Å². The van der Waals surface area contributed by atoms with Crippen LogP contribution in [0.25, 0.3) is 0 Å². The molecular weight excluding hydrogens is 392 g/mol. The van der Waals surface area contributed by atoms with Crippen molar-refractivity contribution in [2.75, 3.05) is 11.9 Å². The number of anilines is 1. The van der Waals surface area contributed by atoms with Gasteiger partial charge in [-0.3, -0.25) is 29.4 Å². The number of hydrogen-bond donors (Lipinski definition) is 1. The topological polar surface area (TPSA) is 130 Å². The first kappa shape index (κ1) is 21.4. The summed E-state index contributed by atoms with van der Waals surface area (Å²) in [6.07, 6.45) is 3.34. The number of nitro benzene ring substituents is 1. The van der Waals surface area contributed by atoms with Crippen molar-refractivity contribution >= 4 is 35.1 Å². The van der Waals surface area contributed by atoms with Crippen molar-refractivity contribution in [2.45, 2.75) is 52.5 Å². The van der Waals surface area contributed by atoms with Crippen molar-refractivity contribution in [3.63, 3.8) is 0 Å². The third-order valence-corrected chi connectivity index (χ3v) is 5.96. The number of carbonyl (C=O) groups excluding carboxylic acids is 4. The van der Waals surface area contributed by atoms with Crippen LogP contribution in [0.1, 0.15) is 43.7 Å². The number of benzene rings is 1. The summed E-state index contributed by atoms with van der Waals surface area (Å²) >= 11 is 0. The number of aryl methyl sites for hydroxylation is 1. The molecule has 10 heteroatoms. The van der Waals surface area contributed by atoms with E-state index in [1.165, 1.54) is 6.07 Å². The van der Waals surface area contributed by atoms with Gasteiger partial charge in [-0.1, -0.05) is 25.8 Å². The highest BCUT2D eigenvalue weighted by Gasteiger charge is 2.49. The third kappa shape index (κ3) is 3.77. The average molecular weight is 416 g/mol. The normalized spacial score (nSPS) is 21.9. The van der Waals surface area contributed by atoms with Crippen LogP contribution in [-0.2, 0) is 14.4 Å². The SMILES string of the molecule is Cc1ccc([N+](=O)[O-])c(NC(=O)CN2C(=O)C(=O)N([C@H]3CCCC[C@H]3C)C2=O)c1C. The molecule has 1 saturated heterocycles. The average Bonchev–Trinajstić information content (AvgIpc) is 2.89. The van der Waals surface area contributed by atoms with Crippen molar-refractivity contribution in [1.29, 1.82) is 0 Å². The molecule has 2 atom stereocenters. The molecule has 1 saturated carbocycles. The van der Waals surface area contributed by atoms with Gasteiger partial charge in [0.05, 0.1) is 4.92 Å². The zero-order chi connectivity index (χ0) is 22.2. The Hall–Kier alpha value is -3.30. The van der Waals surface area contributed by atoms with Gasteiger partial charge in [0, 0.05) is 12.1 Å². The Morgan fingerprint density at radius 1 is 1.17 bits per heavy atom. The molecular formula is C20H24N4O6. The number of amides is 5. The molecule has 30 heavy (non-hydrogen) atoms. The minimum Gasteiger partial charge on any atom is -0.319 e. The van der Waals surface area contributed by atoms with Crippen molar-refractivity contribution in [3.05, 3.63) is 33.4 Å². The molecule has 0 spiro atoms. The van der Waals surface area contributed by atoms with E-state index in [9.17, 15) is 29.3 Å². The zero-order valence-corrected chi connectivity index (χ0v) is 17.1. The lowest BCUT2D eigenvalue weighted by Gasteiger charge is -2.34. The smallest absolute Gasteiger partial charge is 0.319 e. The van der Waals surface area contributed by atoms with Crippen molar-refractivity contribution in [3.8, 4) is 0 Å². The van der Waals surface area contributed by atoms with Gasteiger partial charge in [0.1, 0.15) is 12.2 Å². The lowest BCUT2D eigenvalue weighted by Crippen LogP contribution is -2.46. The van der Waals surface area contributed by atoms with Crippen LogP contribution in [0.2, 0.25) is 0 Å². The fourth-order valence-electron chi connectivity index (χ4n) is 4.07. The minimum absolute atomic E-state index is 0.00757. The van der Waals surface area contributed by atoms with Gasteiger partial charge in [-0.2, -0.15) is 0 Å². The molecule has 0 radical (unpaired) electrons. The van der Waals surface area contributed by atoms with E-state index in [1.807, 2.05) is 6.92 Å². The molecule has 1 aromatic carbocycles. The fraction of sp³-hybridized carbons (Fsp3) is 0.500. The first-order valence-corrected chi connectivity index (χ1v) is 9.87. The molecule has 0 unspecified atom stereocenters. The Balaban J connectivity index is 1.78. The molecule has 2 fully saturated rings. The molecule has 0 aromatic heterocycles. The molecule has 2 aliphatic rings. The largest absolute Gasteiger partial charge is 0.334 e. The second kappa shape index (κ2) is 8.21. The van der Waals surface area contributed by atoms with Gasteiger partial charge in [-0.05, 0) is 43.7 Å². The zero-order valence-electron chi connectivity index (χ0n) is 17.1. The van der Waals surface area contributed by atoms with E-state index in [1.54, 1.807) is 19.9 Å². The quantitative estimate of drug-likeness (QED) is 0.340. The molecule has 1 aliphatic heterocycles. The number of hydrogen-bond acceptors (Lipinski definition) is 6. The summed E-state index contributed by atoms with van der Waals surface area (Å²) in [6.45, 7) is 4.61. The second-order valence-electron chi connectivity index (χ2n) is 7.88. The van der Waals surface area contributed by atoms with E-state index in [2.05, 4.69) is 5.32 Å². The Morgan fingerprint density at radius 3 is 2.47 bits per heavy atom. The molecule has 1 N–H and O–H groups in total. The summed E-state index contributed by atoms with van der Waals surface area (Å²) in [5, 5.41) is 13.7. The number of rotatable bonds is 5. The summed E-state index contributed by atoms with van der Waals surface area (Å²) in [4.78, 5) is 62.4. The van der Waals surface area contributed by atoms with Gasteiger partial charge in [0.15, 0.2) is 0 Å². The van der Waals surface area contributed by atoms with E-state index in [-0.39, 0.29) is 23.3 Å². The second-order valence-corrected chi connectivity index (χ2v) is 7.88. The molecule has 1 aromatic rings. The van der Waals surface area contributed by atoms with E-state index in [0.29, 0.717) is 16.9 Å². The predicted molar refractivity (Wildman–Crippen MR) is 107 cm³/mol. The van der Waals surface area contributed by atoms with Gasteiger partial charge in [0.25, 0.3) is 5.69 Å². The van der Waals surface area contributed by atoms with Crippen LogP contribution in [-0.4, -0.2) is 51.1 Å². The van der Waals surface area contributed by atoms with Crippen molar-refractivity contribution in [2.24, 2.45) is 5.92 Å². The molecule has 5 amide bonds. The molecule has 0 bridgehead atoms. The van der Waals surface area contributed by atoms with Gasteiger partial charge in [-0.25, -0.2) is 9.69 Å². The van der Waals surface area contributed by atoms with Gasteiger partial charge >= 0.3 is 17.8 Å². The molecule has 3 rings (SSSR count). The van der Waals surface area contributed by atoms with Crippen LogP contribution in [0.4, 0.5) is 16.2 Å². The Labute approximate surface area is 173 Å². The molecule has 1 heterocycles. The van der Waals surface area contributed by atoms with Crippen molar-refractivity contribution < 1.29 is 24.1 Å². The van der Waals surface area contributed by atoms with Crippen LogP contribution in [0.3, 0.4) is 0 Å². The van der Waals surface area contributed by atoms with E-state index in [0.717, 1.165) is 29.7 Å². The number of urea groups is 1. The Bertz CT molecular complexity index is 943. The standard InChI is InChI=1S/C20H24N4O6/c1-11-8-9-15(24(29)30)17(13(11)3)21-16(25)10-22-18(26)19(27)23(20(22)28)14-7-5-4-6-12(14)2/h8-9,12,14H,4-7,10H2,1-3H3,(H,21,25)/t12-,14+/m1/s1. The molecule has 1 aliphatic carbocycles.